The average Bonchev–Trinajstić information content (AvgIpc) is 2.68. The van der Waals surface area contributed by atoms with Gasteiger partial charge in [0.2, 0.25) is 0 Å². The summed E-state index contributed by atoms with van der Waals surface area (Å²) in [6, 6.07) is 20.7. The Balaban J connectivity index is 1.50. The van der Waals surface area contributed by atoms with Crippen LogP contribution in [0.5, 0.6) is 5.75 Å². The molecule has 0 spiro atoms. The van der Waals surface area contributed by atoms with E-state index < -0.39 is 0 Å². The van der Waals surface area contributed by atoms with Crippen molar-refractivity contribution in [2.45, 2.75) is 6.92 Å². The minimum Gasteiger partial charge on any atom is -0.484 e. The lowest BCUT2D eigenvalue weighted by molar-refractivity contribution is -0.118. The molecule has 0 aromatic heterocycles. The second kappa shape index (κ2) is 8.76. The highest BCUT2D eigenvalue weighted by molar-refractivity contribution is 5.91. The third-order valence-corrected chi connectivity index (χ3v) is 3.77. The zero-order valence-corrected chi connectivity index (χ0v) is 14.9. The summed E-state index contributed by atoms with van der Waals surface area (Å²) in [5.41, 5.74) is 3.41. The lowest BCUT2D eigenvalue weighted by atomic mass is 10.2. The second-order valence-corrected chi connectivity index (χ2v) is 6.01. The summed E-state index contributed by atoms with van der Waals surface area (Å²) < 4.78 is 18.4. The molecule has 27 heavy (non-hydrogen) atoms. The Morgan fingerprint density at radius 3 is 2.33 bits per heavy atom. The van der Waals surface area contributed by atoms with Crippen molar-refractivity contribution in [1.29, 1.82) is 0 Å². The van der Waals surface area contributed by atoms with Crippen molar-refractivity contribution < 1.29 is 13.9 Å². The number of rotatable bonds is 6. The summed E-state index contributed by atoms with van der Waals surface area (Å²) in [7, 11) is 0. The summed E-state index contributed by atoms with van der Waals surface area (Å²) in [5.74, 6) is 0.0793. The number of amides is 1. The predicted octanol–water partition coefficient (Wildman–Crippen LogP) is 4.90. The molecule has 0 saturated heterocycles. The molecule has 0 aliphatic carbocycles. The van der Waals surface area contributed by atoms with Crippen molar-refractivity contribution >= 4 is 23.5 Å². The van der Waals surface area contributed by atoms with Gasteiger partial charge in [-0.2, -0.15) is 0 Å². The first-order valence-corrected chi connectivity index (χ1v) is 8.47. The van der Waals surface area contributed by atoms with Gasteiger partial charge in [0.15, 0.2) is 6.61 Å². The fourth-order valence-electron chi connectivity index (χ4n) is 2.31. The highest BCUT2D eigenvalue weighted by Gasteiger charge is 2.03. The molecule has 1 N–H and O–H groups in total. The van der Waals surface area contributed by atoms with E-state index in [0.29, 0.717) is 11.4 Å². The number of carbonyl (C=O) groups is 1. The number of hydrogen-bond acceptors (Lipinski definition) is 3. The molecule has 3 rings (SSSR count). The predicted molar refractivity (Wildman–Crippen MR) is 105 cm³/mol. The molecular formula is C22H19FN2O2. The van der Waals surface area contributed by atoms with Gasteiger partial charge in [0.1, 0.15) is 11.6 Å². The van der Waals surface area contributed by atoms with Crippen molar-refractivity contribution in [1.82, 2.24) is 0 Å². The van der Waals surface area contributed by atoms with E-state index in [1.54, 1.807) is 30.5 Å². The minimum absolute atomic E-state index is 0.0725. The molecule has 0 radical (unpaired) electrons. The van der Waals surface area contributed by atoms with Gasteiger partial charge in [-0.25, -0.2) is 4.39 Å². The fraction of sp³-hybridized carbons (Fsp3) is 0.0909. The van der Waals surface area contributed by atoms with Crippen LogP contribution in [0.4, 0.5) is 15.8 Å². The topological polar surface area (TPSA) is 50.7 Å². The van der Waals surface area contributed by atoms with Gasteiger partial charge in [-0.15, -0.1) is 0 Å². The van der Waals surface area contributed by atoms with Crippen LogP contribution in [-0.4, -0.2) is 18.7 Å². The maximum Gasteiger partial charge on any atom is 0.262 e. The van der Waals surface area contributed by atoms with Crippen LogP contribution in [0.1, 0.15) is 11.1 Å². The molecule has 3 aromatic carbocycles. The number of halogens is 1. The highest BCUT2D eigenvalue weighted by atomic mass is 19.1. The Hall–Kier alpha value is -3.47. The number of carbonyl (C=O) groups excluding carboxylic acids is 1. The van der Waals surface area contributed by atoms with E-state index in [-0.39, 0.29) is 18.3 Å². The summed E-state index contributed by atoms with van der Waals surface area (Å²) in [6.07, 6.45) is 1.68. The molecule has 1 amide bonds. The molecule has 5 heteroatoms. The van der Waals surface area contributed by atoms with Gasteiger partial charge in [0.05, 0.1) is 5.69 Å². The molecule has 0 fully saturated rings. The largest absolute Gasteiger partial charge is 0.484 e. The first-order chi connectivity index (χ1) is 13.1. The average molecular weight is 362 g/mol. The number of aliphatic imine (C=N–C) groups is 1. The van der Waals surface area contributed by atoms with E-state index in [0.717, 1.165) is 16.8 Å². The molecular weight excluding hydrogens is 343 g/mol. The van der Waals surface area contributed by atoms with E-state index in [1.165, 1.54) is 12.1 Å². The van der Waals surface area contributed by atoms with Gasteiger partial charge in [0.25, 0.3) is 5.91 Å². The summed E-state index contributed by atoms with van der Waals surface area (Å²) >= 11 is 0. The Morgan fingerprint density at radius 2 is 1.67 bits per heavy atom. The fourth-order valence-corrected chi connectivity index (χ4v) is 2.31. The van der Waals surface area contributed by atoms with Crippen LogP contribution in [0, 0.1) is 12.7 Å². The number of nitrogens with zero attached hydrogens (tertiary/aromatic N) is 1. The van der Waals surface area contributed by atoms with E-state index >= 15 is 0 Å². The van der Waals surface area contributed by atoms with Crippen molar-refractivity contribution in [3.05, 3.63) is 89.7 Å². The first kappa shape index (κ1) is 18.3. The van der Waals surface area contributed by atoms with Crippen LogP contribution in [0.2, 0.25) is 0 Å². The lowest BCUT2D eigenvalue weighted by Crippen LogP contribution is -2.20. The monoisotopic (exact) mass is 362 g/mol. The molecule has 0 aliphatic heterocycles. The van der Waals surface area contributed by atoms with E-state index in [1.807, 2.05) is 43.3 Å². The van der Waals surface area contributed by atoms with Crippen LogP contribution in [-0.2, 0) is 4.79 Å². The number of nitrogens with one attached hydrogen (secondary N) is 1. The molecule has 4 nitrogen and oxygen atoms in total. The van der Waals surface area contributed by atoms with Crippen molar-refractivity contribution in [3.8, 4) is 5.75 Å². The molecule has 136 valence electrons. The Morgan fingerprint density at radius 1 is 1.00 bits per heavy atom. The number of hydrogen-bond donors (Lipinski definition) is 1. The van der Waals surface area contributed by atoms with E-state index in [2.05, 4.69) is 10.3 Å². The standard InChI is InChI=1S/C22H19FN2O2/c1-16-2-8-20(9-3-16)25-22(26)15-27-21-12-4-17(5-13-21)14-24-19-10-6-18(23)7-11-19/h2-14H,15H2,1H3,(H,25,26). The number of anilines is 1. The summed E-state index contributed by atoms with van der Waals surface area (Å²) in [4.78, 5) is 16.2. The highest BCUT2D eigenvalue weighted by Crippen LogP contribution is 2.15. The minimum atomic E-state index is -0.290. The van der Waals surface area contributed by atoms with E-state index in [9.17, 15) is 9.18 Å². The smallest absolute Gasteiger partial charge is 0.262 e. The van der Waals surface area contributed by atoms with E-state index in [4.69, 9.17) is 4.74 Å². The van der Waals surface area contributed by atoms with Crippen molar-refractivity contribution in [2.75, 3.05) is 11.9 Å². The molecule has 0 atom stereocenters. The van der Waals surface area contributed by atoms with Crippen LogP contribution < -0.4 is 10.1 Å². The van der Waals surface area contributed by atoms with Crippen LogP contribution in [0.25, 0.3) is 0 Å². The number of ether oxygens (including phenoxy) is 1. The zero-order chi connectivity index (χ0) is 19.1. The second-order valence-electron chi connectivity index (χ2n) is 6.01. The van der Waals surface area contributed by atoms with Crippen LogP contribution in [0.3, 0.4) is 0 Å². The normalized spacial score (nSPS) is 10.7. The maximum absolute atomic E-state index is 12.9. The molecule has 0 saturated carbocycles. The van der Waals surface area contributed by atoms with Gasteiger partial charge < -0.3 is 10.1 Å². The summed E-state index contributed by atoms with van der Waals surface area (Å²) in [5, 5.41) is 2.78. The maximum atomic E-state index is 12.9. The third kappa shape index (κ3) is 5.78. The molecule has 0 unspecified atom stereocenters. The summed E-state index contributed by atoms with van der Waals surface area (Å²) in [6.45, 7) is 1.92. The molecule has 0 heterocycles. The van der Waals surface area contributed by atoms with Gasteiger partial charge >= 0.3 is 0 Å². The van der Waals surface area contributed by atoms with Gasteiger partial charge in [-0.3, -0.25) is 9.79 Å². The van der Waals surface area contributed by atoms with Gasteiger partial charge in [-0.1, -0.05) is 17.7 Å². The zero-order valence-electron chi connectivity index (χ0n) is 14.9. The first-order valence-electron chi connectivity index (χ1n) is 8.47. The van der Waals surface area contributed by atoms with Crippen molar-refractivity contribution in [2.24, 2.45) is 4.99 Å². The Labute approximate surface area is 157 Å². The number of aryl methyl sites for hydroxylation is 1. The molecule has 0 bridgehead atoms. The van der Waals surface area contributed by atoms with Crippen LogP contribution in [0.15, 0.2) is 77.8 Å². The molecule has 3 aromatic rings. The number of benzene rings is 3. The quantitative estimate of drug-likeness (QED) is 0.634. The Kier molecular flexibility index (Phi) is 5.94. The van der Waals surface area contributed by atoms with Crippen LogP contribution >= 0.6 is 0 Å². The SMILES string of the molecule is Cc1ccc(NC(=O)COc2ccc(C=Nc3ccc(F)cc3)cc2)cc1. The third-order valence-electron chi connectivity index (χ3n) is 3.77. The lowest BCUT2D eigenvalue weighted by Gasteiger charge is -2.08. The van der Waals surface area contributed by atoms with Gasteiger partial charge in [-0.05, 0) is 73.2 Å². The Bertz CT molecular complexity index is 918. The van der Waals surface area contributed by atoms with Gasteiger partial charge in [0, 0.05) is 11.9 Å². The van der Waals surface area contributed by atoms with Crippen molar-refractivity contribution in [3.63, 3.8) is 0 Å². The molecule has 0 aliphatic rings.